The molecule has 0 radical (unpaired) electrons. The highest BCUT2D eigenvalue weighted by molar-refractivity contribution is 6.34. The fourth-order valence-electron chi connectivity index (χ4n) is 5.90. The Balaban J connectivity index is 0.000000198. The second kappa shape index (κ2) is 14.5. The van der Waals surface area contributed by atoms with Gasteiger partial charge in [0, 0.05) is 23.9 Å². The minimum Gasteiger partial charge on any atom is -0.507 e. The van der Waals surface area contributed by atoms with Gasteiger partial charge in [-0.2, -0.15) is 0 Å². The molecular formula is C39H37ClF2N6O4. The van der Waals surface area contributed by atoms with Crippen LogP contribution in [0.25, 0.3) is 44.6 Å². The third-order valence-corrected chi connectivity index (χ3v) is 8.57. The fourth-order valence-corrected chi connectivity index (χ4v) is 6.14. The molecule has 3 N–H and O–H groups in total. The van der Waals surface area contributed by atoms with E-state index in [9.17, 15) is 23.8 Å². The Bertz CT molecular complexity index is 2280. The molecule has 10 nitrogen and oxygen atoms in total. The van der Waals surface area contributed by atoms with E-state index < -0.39 is 23.3 Å². The zero-order chi connectivity index (χ0) is 37.3. The number of hydrogen-bond donors (Lipinski definition) is 3. The van der Waals surface area contributed by atoms with Gasteiger partial charge in [0.15, 0.2) is 11.6 Å². The third kappa shape index (κ3) is 7.97. The summed E-state index contributed by atoms with van der Waals surface area (Å²) in [5.41, 5.74) is 2.66. The molecule has 13 heteroatoms. The summed E-state index contributed by atoms with van der Waals surface area (Å²) in [6, 6.07) is 19.5. The number of halogens is 3. The van der Waals surface area contributed by atoms with Crippen molar-refractivity contribution in [2.45, 2.75) is 52.7 Å². The molecule has 1 aliphatic rings. The Morgan fingerprint density at radius 1 is 0.827 bits per heavy atom. The Hall–Kier alpha value is -5.62. The summed E-state index contributed by atoms with van der Waals surface area (Å²) in [6.07, 6.45) is 0.265. The lowest BCUT2D eigenvalue weighted by Crippen LogP contribution is -2.40. The van der Waals surface area contributed by atoms with Gasteiger partial charge in [-0.3, -0.25) is 0 Å². The summed E-state index contributed by atoms with van der Waals surface area (Å²) in [5.74, 6) is -0.772. The van der Waals surface area contributed by atoms with Crippen molar-refractivity contribution in [3.63, 3.8) is 0 Å². The molecule has 7 rings (SSSR count). The van der Waals surface area contributed by atoms with E-state index in [0.29, 0.717) is 35.3 Å². The van der Waals surface area contributed by atoms with Crippen LogP contribution >= 0.6 is 11.6 Å². The number of rotatable bonds is 4. The van der Waals surface area contributed by atoms with E-state index >= 15 is 0 Å². The monoisotopic (exact) mass is 726 g/mol. The molecule has 1 amide bonds. The van der Waals surface area contributed by atoms with Gasteiger partial charge in [-0.05, 0) is 101 Å². The molecule has 1 fully saturated rings. The molecule has 0 unspecified atom stereocenters. The first-order chi connectivity index (χ1) is 24.7. The van der Waals surface area contributed by atoms with Gasteiger partial charge in [-0.25, -0.2) is 33.5 Å². The van der Waals surface area contributed by atoms with Crippen LogP contribution in [0.1, 0.15) is 38.3 Å². The minimum absolute atomic E-state index is 0.0280. The minimum atomic E-state index is -0.590. The number of aromatic nitrogens is 4. The van der Waals surface area contributed by atoms with E-state index in [0.717, 1.165) is 22.9 Å². The quantitative estimate of drug-likeness (QED) is 0.153. The van der Waals surface area contributed by atoms with Gasteiger partial charge in [0.2, 0.25) is 0 Å². The van der Waals surface area contributed by atoms with Crippen molar-refractivity contribution in [1.29, 1.82) is 0 Å². The maximum Gasteiger partial charge on any atom is 0.407 e. The maximum atomic E-state index is 14.6. The first-order valence-corrected chi connectivity index (χ1v) is 17.0. The van der Waals surface area contributed by atoms with Crippen molar-refractivity contribution in [2.75, 3.05) is 18.0 Å². The second-order valence-corrected chi connectivity index (χ2v) is 14.0. The number of fused-ring (bicyclic) bond motifs is 2. The number of alkyl carbamates (subject to hydrolysis) is 1. The van der Waals surface area contributed by atoms with Crippen molar-refractivity contribution < 1.29 is 28.5 Å². The molecule has 1 atom stereocenters. The lowest BCUT2D eigenvalue weighted by Gasteiger charge is -2.23. The number of nitrogens with one attached hydrogen (secondary N) is 1. The molecule has 3 heterocycles. The van der Waals surface area contributed by atoms with E-state index in [1.807, 2.05) is 75.9 Å². The molecule has 1 aliphatic heterocycles. The molecule has 4 aromatic carbocycles. The number of nitrogens with zero attached hydrogens (tertiary/aromatic N) is 5. The number of phenolic OH excluding ortho intramolecular Hbond substituents is 2. The molecule has 0 aliphatic carbocycles. The van der Waals surface area contributed by atoms with Crippen LogP contribution in [-0.2, 0) is 4.74 Å². The molecule has 52 heavy (non-hydrogen) atoms. The van der Waals surface area contributed by atoms with Crippen LogP contribution < -0.4 is 10.2 Å². The molecular weight excluding hydrogens is 690 g/mol. The van der Waals surface area contributed by atoms with Crippen molar-refractivity contribution in [1.82, 2.24) is 25.3 Å². The smallest absolute Gasteiger partial charge is 0.407 e. The topological polar surface area (TPSA) is 134 Å². The van der Waals surface area contributed by atoms with Crippen molar-refractivity contribution in [3.8, 4) is 34.3 Å². The SMILES string of the molecule is Cc1ccc2c(Cl)nc(-c3c(O)cccc3F)nc2c1.Cc1ccc2c(N3CC[C@@H](NC(=O)OC(C)(C)C)C3)nc(-c3c(O)cccc3F)nc2c1. The molecule has 0 saturated carbocycles. The van der Waals surface area contributed by atoms with E-state index in [-0.39, 0.29) is 45.5 Å². The summed E-state index contributed by atoms with van der Waals surface area (Å²) < 4.78 is 33.8. The largest absolute Gasteiger partial charge is 0.507 e. The van der Waals surface area contributed by atoms with Crippen LogP contribution in [0, 0.1) is 25.5 Å². The molecule has 0 bridgehead atoms. The highest BCUT2D eigenvalue weighted by Gasteiger charge is 2.29. The third-order valence-electron chi connectivity index (χ3n) is 8.28. The number of phenols is 2. The Kier molecular flexibility index (Phi) is 10.1. The molecule has 1 saturated heterocycles. The molecule has 6 aromatic rings. The predicted octanol–water partition coefficient (Wildman–Crippen LogP) is 8.66. The van der Waals surface area contributed by atoms with Gasteiger partial charge < -0.3 is 25.2 Å². The van der Waals surface area contributed by atoms with Crippen LogP contribution in [0.15, 0.2) is 72.8 Å². The Morgan fingerprint density at radius 3 is 1.92 bits per heavy atom. The molecule has 0 spiro atoms. The van der Waals surface area contributed by atoms with Crippen LogP contribution in [0.2, 0.25) is 5.15 Å². The normalized spacial score (nSPS) is 14.3. The lowest BCUT2D eigenvalue weighted by molar-refractivity contribution is 0.0509. The number of aryl methyl sites for hydroxylation is 2. The summed E-state index contributed by atoms with van der Waals surface area (Å²) in [7, 11) is 0. The summed E-state index contributed by atoms with van der Waals surface area (Å²) in [6.45, 7) is 10.5. The Labute approximate surface area is 304 Å². The summed E-state index contributed by atoms with van der Waals surface area (Å²) in [5, 5.41) is 24.7. The fraction of sp³-hybridized carbons (Fsp3) is 0.256. The standard InChI is InChI=1S/C24H27FN4O3.C15H10ClFN2O/c1-14-8-9-16-18(12-14)27-21(20-17(25)6-5-7-19(20)30)28-22(16)29-11-10-15(13-29)26-23(31)32-24(2,3)4;1-8-5-6-9-11(7-8)18-15(19-14(9)16)13-10(17)3-2-4-12(13)20/h5-9,12,15,30H,10-11,13H2,1-4H3,(H,26,31);2-7,20H,1H3/t15-;/m1./s1. The van der Waals surface area contributed by atoms with E-state index in [4.69, 9.17) is 16.3 Å². The number of hydrogen-bond acceptors (Lipinski definition) is 9. The number of carbonyl (C=O) groups excluding carboxylic acids is 1. The van der Waals surface area contributed by atoms with Gasteiger partial charge in [-0.15, -0.1) is 0 Å². The number of amides is 1. The first kappa shape index (κ1) is 36.2. The second-order valence-electron chi connectivity index (χ2n) is 13.6. The predicted molar refractivity (Wildman–Crippen MR) is 198 cm³/mol. The van der Waals surface area contributed by atoms with Gasteiger partial charge in [-0.1, -0.05) is 35.9 Å². The summed E-state index contributed by atoms with van der Waals surface area (Å²) >= 11 is 6.11. The van der Waals surface area contributed by atoms with Crippen LogP contribution in [-0.4, -0.2) is 61.0 Å². The zero-order valence-electron chi connectivity index (χ0n) is 29.2. The highest BCUT2D eigenvalue weighted by atomic mass is 35.5. The number of benzene rings is 4. The van der Waals surface area contributed by atoms with Crippen LogP contribution in [0.4, 0.5) is 19.4 Å². The van der Waals surface area contributed by atoms with E-state index in [2.05, 4.69) is 25.3 Å². The van der Waals surface area contributed by atoms with Crippen molar-refractivity contribution >= 4 is 45.3 Å². The average Bonchev–Trinajstić information content (AvgIpc) is 3.51. The highest BCUT2D eigenvalue weighted by Crippen LogP contribution is 2.35. The number of ether oxygens (including phenoxy) is 1. The summed E-state index contributed by atoms with van der Waals surface area (Å²) in [4.78, 5) is 31.8. The lowest BCUT2D eigenvalue weighted by atomic mass is 10.1. The van der Waals surface area contributed by atoms with Crippen LogP contribution in [0.5, 0.6) is 11.5 Å². The van der Waals surface area contributed by atoms with Crippen molar-refractivity contribution in [2.24, 2.45) is 0 Å². The van der Waals surface area contributed by atoms with Gasteiger partial charge in [0.05, 0.1) is 28.2 Å². The average molecular weight is 727 g/mol. The molecule has 268 valence electrons. The van der Waals surface area contributed by atoms with E-state index in [1.54, 1.807) is 0 Å². The first-order valence-electron chi connectivity index (χ1n) is 16.6. The van der Waals surface area contributed by atoms with Gasteiger partial charge >= 0.3 is 6.09 Å². The molecule has 2 aromatic heterocycles. The number of aromatic hydroxyl groups is 2. The zero-order valence-corrected chi connectivity index (χ0v) is 30.0. The van der Waals surface area contributed by atoms with Gasteiger partial charge in [0.1, 0.15) is 39.7 Å². The van der Waals surface area contributed by atoms with Gasteiger partial charge in [0.25, 0.3) is 0 Å². The van der Waals surface area contributed by atoms with Crippen LogP contribution in [0.3, 0.4) is 0 Å². The van der Waals surface area contributed by atoms with Crippen molar-refractivity contribution in [3.05, 3.63) is 101 Å². The van der Waals surface area contributed by atoms with E-state index in [1.165, 1.54) is 36.4 Å². The Morgan fingerprint density at radius 2 is 1.37 bits per heavy atom. The maximum absolute atomic E-state index is 14.6. The number of anilines is 1. The number of carbonyl (C=O) groups is 1.